The zero-order valence-electron chi connectivity index (χ0n) is 11.3. The molecule has 0 bridgehead atoms. The van der Waals surface area contributed by atoms with E-state index in [1.54, 1.807) is 28.6 Å². The first-order valence-corrected chi connectivity index (χ1v) is 9.43. The van der Waals surface area contributed by atoms with Gasteiger partial charge in [-0.05, 0) is 5.56 Å². The van der Waals surface area contributed by atoms with Gasteiger partial charge in [-0.1, -0.05) is 43.4 Å². The summed E-state index contributed by atoms with van der Waals surface area (Å²) in [5.41, 5.74) is 7.04. The molecule has 0 amide bonds. The fourth-order valence-electron chi connectivity index (χ4n) is 2.11. The number of hydrogen-bond donors (Lipinski definition) is 1. The minimum Gasteiger partial charge on any atom is -0.389 e. The van der Waals surface area contributed by atoms with E-state index in [4.69, 9.17) is 18.0 Å². The molecule has 0 radical (unpaired) electrons. The summed E-state index contributed by atoms with van der Waals surface area (Å²) in [6.07, 6.45) is 0. The molecule has 7 heteroatoms. The van der Waals surface area contributed by atoms with Crippen LogP contribution >= 0.6 is 24.0 Å². The highest BCUT2D eigenvalue weighted by molar-refractivity contribution is 8.00. The molecule has 1 saturated heterocycles. The standard InChI is InChI=1S/C13H18N2O2S3/c1-10-8-15(6-7-19-10)20(16,17)9-11-2-4-12(5-3-11)13(14)18/h2-5,10H,6-9H2,1H3,(H2,14,18). The summed E-state index contributed by atoms with van der Waals surface area (Å²) in [4.78, 5) is 0.321. The third-order valence-corrected chi connectivity index (χ3v) is 6.37. The topological polar surface area (TPSA) is 63.4 Å². The van der Waals surface area contributed by atoms with Gasteiger partial charge in [0.25, 0.3) is 0 Å². The molecule has 20 heavy (non-hydrogen) atoms. The molecule has 4 nitrogen and oxygen atoms in total. The molecule has 1 aliphatic heterocycles. The molecule has 1 heterocycles. The van der Waals surface area contributed by atoms with Crippen LogP contribution in [0.4, 0.5) is 0 Å². The molecule has 1 aromatic rings. The smallest absolute Gasteiger partial charge is 0.218 e. The number of benzene rings is 1. The quantitative estimate of drug-likeness (QED) is 0.850. The average Bonchev–Trinajstić information content (AvgIpc) is 2.39. The Kier molecular flexibility index (Phi) is 5.06. The van der Waals surface area contributed by atoms with E-state index in [1.165, 1.54) is 0 Å². The van der Waals surface area contributed by atoms with Crippen LogP contribution in [0.25, 0.3) is 0 Å². The van der Waals surface area contributed by atoms with Gasteiger partial charge in [-0.25, -0.2) is 8.42 Å². The Morgan fingerprint density at radius 1 is 1.45 bits per heavy atom. The molecule has 2 rings (SSSR count). The summed E-state index contributed by atoms with van der Waals surface area (Å²) in [5.74, 6) is 0.892. The van der Waals surface area contributed by atoms with E-state index in [1.807, 2.05) is 11.8 Å². The Morgan fingerprint density at radius 2 is 2.10 bits per heavy atom. The Bertz CT molecular complexity index is 584. The van der Waals surface area contributed by atoms with Crippen LogP contribution in [0.15, 0.2) is 24.3 Å². The third kappa shape index (κ3) is 3.94. The predicted molar refractivity (Wildman–Crippen MR) is 88.4 cm³/mol. The minimum atomic E-state index is -3.25. The number of nitrogens with zero attached hydrogens (tertiary/aromatic N) is 1. The van der Waals surface area contributed by atoms with Crippen molar-refractivity contribution in [1.29, 1.82) is 0 Å². The van der Waals surface area contributed by atoms with Crippen LogP contribution in [0.1, 0.15) is 18.1 Å². The lowest BCUT2D eigenvalue weighted by Gasteiger charge is -2.29. The van der Waals surface area contributed by atoms with Crippen LogP contribution in [-0.4, -0.2) is 41.8 Å². The Balaban J connectivity index is 2.09. The summed E-state index contributed by atoms with van der Waals surface area (Å²) in [6.45, 7) is 3.25. The summed E-state index contributed by atoms with van der Waals surface area (Å²) >= 11 is 6.69. The first kappa shape index (κ1) is 15.8. The van der Waals surface area contributed by atoms with E-state index in [2.05, 4.69) is 6.92 Å². The molecule has 0 aromatic heterocycles. The van der Waals surface area contributed by atoms with Crippen molar-refractivity contribution in [2.45, 2.75) is 17.9 Å². The zero-order valence-corrected chi connectivity index (χ0v) is 13.7. The summed E-state index contributed by atoms with van der Waals surface area (Å²) in [5, 5.41) is 0.357. The van der Waals surface area contributed by atoms with Crippen LogP contribution in [0, 0.1) is 0 Å². The van der Waals surface area contributed by atoms with Crippen molar-refractivity contribution in [2.75, 3.05) is 18.8 Å². The molecule has 0 saturated carbocycles. The minimum absolute atomic E-state index is 0.0298. The van der Waals surface area contributed by atoms with E-state index >= 15 is 0 Å². The van der Waals surface area contributed by atoms with E-state index < -0.39 is 10.0 Å². The van der Waals surface area contributed by atoms with Crippen LogP contribution in [0.3, 0.4) is 0 Å². The Hall–Kier alpha value is -0.630. The summed E-state index contributed by atoms with van der Waals surface area (Å²) in [6, 6.07) is 7.08. The molecule has 2 N–H and O–H groups in total. The predicted octanol–water partition coefficient (Wildman–Crippen LogP) is 1.59. The zero-order chi connectivity index (χ0) is 14.8. The van der Waals surface area contributed by atoms with E-state index in [0.29, 0.717) is 23.3 Å². The molecule has 0 aliphatic carbocycles. The normalized spacial score (nSPS) is 20.8. The van der Waals surface area contributed by atoms with Gasteiger partial charge in [0.05, 0.1) is 5.75 Å². The van der Waals surface area contributed by atoms with Crippen LogP contribution in [0.2, 0.25) is 0 Å². The first-order chi connectivity index (χ1) is 9.38. The van der Waals surface area contributed by atoms with E-state index in [9.17, 15) is 8.42 Å². The molecule has 1 atom stereocenters. The number of hydrogen-bond acceptors (Lipinski definition) is 4. The fourth-order valence-corrected chi connectivity index (χ4v) is 5.08. The van der Waals surface area contributed by atoms with E-state index in [0.717, 1.165) is 16.9 Å². The van der Waals surface area contributed by atoms with Crippen molar-refractivity contribution < 1.29 is 8.42 Å². The van der Waals surface area contributed by atoms with Crippen molar-refractivity contribution in [1.82, 2.24) is 4.31 Å². The molecule has 0 spiro atoms. The molecule has 1 fully saturated rings. The third-order valence-electron chi connectivity index (χ3n) is 3.18. The second-order valence-electron chi connectivity index (χ2n) is 4.86. The van der Waals surface area contributed by atoms with Crippen LogP contribution in [0.5, 0.6) is 0 Å². The second kappa shape index (κ2) is 6.43. The first-order valence-electron chi connectivity index (χ1n) is 6.36. The van der Waals surface area contributed by atoms with Gasteiger partial charge in [0, 0.05) is 29.7 Å². The highest BCUT2D eigenvalue weighted by Gasteiger charge is 2.27. The summed E-state index contributed by atoms with van der Waals surface area (Å²) < 4.78 is 26.4. The Labute approximate surface area is 129 Å². The maximum absolute atomic E-state index is 12.4. The highest BCUT2D eigenvalue weighted by Crippen LogP contribution is 2.22. The van der Waals surface area contributed by atoms with Crippen LogP contribution in [-0.2, 0) is 15.8 Å². The largest absolute Gasteiger partial charge is 0.389 e. The van der Waals surface area contributed by atoms with Gasteiger partial charge in [0.1, 0.15) is 4.99 Å². The molecular weight excluding hydrogens is 312 g/mol. The lowest BCUT2D eigenvalue weighted by Crippen LogP contribution is -2.41. The maximum atomic E-state index is 12.4. The van der Waals surface area contributed by atoms with Crippen LogP contribution < -0.4 is 5.73 Å². The van der Waals surface area contributed by atoms with Crippen molar-refractivity contribution >= 4 is 39.0 Å². The second-order valence-corrected chi connectivity index (χ2v) is 8.81. The van der Waals surface area contributed by atoms with Gasteiger partial charge in [-0.3, -0.25) is 0 Å². The van der Waals surface area contributed by atoms with Gasteiger partial charge < -0.3 is 5.73 Å². The molecule has 1 aromatic carbocycles. The van der Waals surface area contributed by atoms with Crippen molar-refractivity contribution in [3.63, 3.8) is 0 Å². The van der Waals surface area contributed by atoms with Gasteiger partial charge in [0.2, 0.25) is 10.0 Å². The molecular formula is C13H18N2O2S3. The lowest BCUT2D eigenvalue weighted by molar-refractivity contribution is 0.423. The van der Waals surface area contributed by atoms with Crippen molar-refractivity contribution in [2.24, 2.45) is 5.73 Å². The maximum Gasteiger partial charge on any atom is 0.218 e. The van der Waals surface area contributed by atoms with Crippen molar-refractivity contribution in [3.05, 3.63) is 35.4 Å². The number of sulfonamides is 1. The van der Waals surface area contributed by atoms with Gasteiger partial charge in [-0.2, -0.15) is 16.1 Å². The number of nitrogens with two attached hydrogens (primary N) is 1. The van der Waals surface area contributed by atoms with E-state index in [-0.39, 0.29) is 5.75 Å². The molecule has 1 unspecified atom stereocenters. The monoisotopic (exact) mass is 330 g/mol. The fraction of sp³-hybridized carbons (Fsp3) is 0.462. The number of thiocarbonyl (C=S) groups is 1. The highest BCUT2D eigenvalue weighted by atomic mass is 32.2. The Morgan fingerprint density at radius 3 is 2.65 bits per heavy atom. The van der Waals surface area contributed by atoms with Gasteiger partial charge >= 0.3 is 0 Å². The van der Waals surface area contributed by atoms with Gasteiger partial charge in [-0.15, -0.1) is 0 Å². The number of thioether (sulfide) groups is 1. The SMILES string of the molecule is CC1CN(S(=O)(=O)Cc2ccc(C(N)=S)cc2)CCS1. The summed E-state index contributed by atoms with van der Waals surface area (Å²) in [7, 11) is -3.25. The number of rotatable bonds is 4. The molecule has 110 valence electrons. The average molecular weight is 331 g/mol. The van der Waals surface area contributed by atoms with Crippen molar-refractivity contribution in [3.8, 4) is 0 Å². The lowest BCUT2D eigenvalue weighted by atomic mass is 10.1. The molecule has 1 aliphatic rings. The van der Waals surface area contributed by atoms with Gasteiger partial charge in [0.15, 0.2) is 0 Å².